The number of fused-ring (bicyclic) bond motifs is 2. The molecule has 1 saturated heterocycles. The van der Waals surface area contributed by atoms with E-state index >= 15 is 0 Å². The fourth-order valence-corrected chi connectivity index (χ4v) is 5.12. The Morgan fingerprint density at radius 3 is 2.59 bits per heavy atom. The number of aryl methyl sites for hydroxylation is 1. The maximum atomic E-state index is 13.6. The van der Waals surface area contributed by atoms with E-state index in [0.717, 1.165) is 37.0 Å². The van der Waals surface area contributed by atoms with Crippen molar-refractivity contribution in [1.82, 2.24) is 25.1 Å². The molecule has 8 nitrogen and oxygen atoms in total. The summed E-state index contributed by atoms with van der Waals surface area (Å²) in [5.41, 5.74) is -1.99. The highest BCUT2D eigenvalue weighted by atomic mass is 19.4. The molecule has 5 rings (SSSR count). The Balaban J connectivity index is 1.47. The summed E-state index contributed by atoms with van der Waals surface area (Å²) in [6.45, 7) is 3.76. The van der Waals surface area contributed by atoms with E-state index in [-0.39, 0.29) is 23.1 Å². The Morgan fingerprint density at radius 2 is 1.94 bits per heavy atom. The monoisotopic (exact) mass is 476 g/mol. The van der Waals surface area contributed by atoms with Gasteiger partial charge in [-0.15, -0.1) is 10.2 Å². The Bertz CT molecular complexity index is 1240. The van der Waals surface area contributed by atoms with Crippen molar-refractivity contribution in [3.63, 3.8) is 0 Å². The normalized spacial score (nSPS) is 24.0. The molecule has 1 N–H and O–H groups in total. The summed E-state index contributed by atoms with van der Waals surface area (Å²) in [5.74, 6) is -0.00341. The van der Waals surface area contributed by atoms with Gasteiger partial charge in [-0.2, -0.15) is 13.2 Å². The first kappa shape index (κ1) is 22.2. The predicted octanol–water partition coefficient (Wildman–Crippen LogP) is 4.92. The van der Waals surface area contributed by atoms with Crippen LogP contribution in [0.1, 0.15) is 43.5 Å². The zero-order chi connectivity index (χ0) is 24.3. The molecule has 12 heteroatoms. The standard InChI is InChI=1S/C22H20F4N6O2/c1-11-5-15-8-21(7-11,19-31-30-12(2)34-19)32(15)20(33)29-14-3-4-17(22(24,25)26)16(6-14)18-27-9-13(23)10-28-18/h3-4,6,9-11,15H,5,7-8H2,1-2H3,(H,29,33)/t11-,15-,21+/m1/s1. The lowest BCUT2D eigenvalue weighted by atomic mass is 9.64. The number of carbonyl (C=O) groups is 1. The second-order valence-electron chi connectivity index (χ2n) is 8.84. The van der Waals surface area contributed by atoms with Crippen molar-refractivity contribution in [3.8, 4) is 11.4 Å². The molecule has 0 radical (unpaired) electrons. The van der Waals surface area contributed by atoms with Gasteiger partial charge in [0.1, 0.15) is 5.54 Å². The van der Waals surface area contributed by atoms with Gasteiger partial charge in [0.2, 0.25) is 11.8 Å². The Hall–Kier alpha value is -3.57. The van der Waals surface area contributed by atoms with E-state index in [1.165, 1.54) is 0 Å². The Morgan fingerprint density at radius 1 is 1.21 bits per heavy atom. The van der Waals surface area contributed by atoms with E-state index in [0.29, 0.717) is 30.5 Å². The number of hydrogen-bond donors (Lipinski definition) is 1. The highest BCUT2D eigenvalue weighted by Crippen LogP contribution is 2.55. The lowest BCUT2D eigenvalue weighted by Crippen LogP contribution is -2.70. The number of piperidine rings is 1. The van der Waals surface area contributed by atoms with Crippen LogP contribution in [-0.4, -0.2) is 37.1 Å². The zero-order valence-corrected chi connectivity index (χ0v) is 18.2. The summed E-state index contributed by atoms with van der Waals surface area (Å²) in [5, 5.41) is 10.7. The van der Waals surface area contributed by atoms with Crippen LogP contribution in [0.2, 0.25) is 0 Å². The number of urea groups is 1. The minimum absolute atomic E-state index is 0.0506. The van der Waals surface area contributed by atoms with Crippen molar-refractivity contribution >= 4 is 11.7 Å². The number of halogens is 4. The topological polar surface area (TPSA) is 97.0 Å². The van der Waals surface area contributed by atoms with Crippen LogP contribution in [0.3, 0.4) is 0 Å². The summed E-state index contributed by atoms with van der Waals surface area (Å²) < 4.78 is 59.6. The molecule has 34 heavy (non-hydrogen) atoms. The number of aromatic nitrogens is 4. The van der Waals surface area contributed by atoms with Crippen molar-refractivity contribution in [2.45, 2.75) is 50.9 Å². The number of nitrogens with zero attached hydrogens (tertiary/aromatic N) is 5. The fraction of sp³-hybridized carbons (Fsp3) is 0.409. The van der Waals surface area contributed by atoms with Gasteiger partial charge in [0.05, 0.1) is 18.0 Å². The third-order valence-corrected chi connectivity index (χ3v) is 6.34. The number of likely N-dealkylation sites (tertiary alicyclic amines) is 1. The molecule has 2 amide bonds. The summed E-state index contributed by atoms with van der Waals surface area (Å²) in [6, 6.07) is 2.61. The van der Waals surface area contributed by atoms with E-state index in [4.69, 9.17) is 4.42 Å². The van der Waals surface area contributed by atoms with E-state index < -0.39 is 29.1 Å². The molecule has 3 heterocycles. The molecule has 1 aliphatic carbocycles. The number of amides is 2. The van der Waals surface area contributed by atoms with Crippen LogP contribution >= 0.6 is 0 Å². The smallest absolute Gasteiger partial charge is 0.417 e. The number of rotatable bonds is 3. The van der Waals surface area contributed by atoms with Gasteiger partial charge >= 0.3 is 12.2 Å². The molecule has 0 unspecified atom stereocenters. The number of hydrogen-bond acceptors (Lipinski definition) is 6. The number of anilines is 1. The van der Waals surface area contributed by atoms with Gasteiger partial charge in [-0.05, 0) is 37.0 Å². The number of benzene rings is 1. The van der Waals surface area contributed by atoms with Gasteiger partial charge in [-0.25, -0.2) is 19.2 Å². The van der Waals surface area contributed by atoms with Gasteiger partial charge in [0.15, 0.2) is 11.6 Å². The molecular formula is C22H20F4N6O2. The lowest BCUT2D eigenvalue weighted by molar-refractivity contribution is -0.137. The number of alkyl halides is 3. The maximum absolute atomic E-state index is 13.6. The minimum Gasteiger partial charge on any atom is -0.423 e. The maximum Gasteiger partial charge on any atom is 0.417 e. The molecule has 2 fully saturated rings. The summed E-state index contributed by atoms with van der Waals surface area (Å²) in [6.07, 6.45) is -1.02. The van der Waals surface area contributed by atoms with E-state index in [9.17, 15) is 22.4 Å². The van der Waals surface area contributed by atoms with Gasteiger partial charge in [0.25, 0.3) is 0 Å². The first-order valence-corrected chi connectivity index (χ1v) is 10.7. The summed E-state index contributed by atoms with van der Waals surface area (Å²) in [7, 11) is 0. The SMILES string of the molecule is Cc1nnc([C@]23C[C@H](C)C[C@H](C2)N3C(=O)Nc2ccc(C(F)(F)F)c(-c3ncc(F)cn3)c2)o1. The van der Waals surface area contributed by atoms with Crippen molar-refractivity contribution in [2.75, 3.05) is 5.32 Å². The van der Waals surface area contributed by atoms with Gasteiger partial charge in [0, 0.05) is 30.6 Å². The molecule has 2 aromatic heterocycles. The fourth-order valence-electron chi connectivity index (χ4n) is 5.12. The molecule has 3 aromatic rings. The van der Waals surface area contributed by atoms with Crippen LogP contribution in [-0.2, 0) is 11.7 Å². The van der Waals surface area contributed by atoms with E-state index in [1.807, 2.05) is 0 Å². The molecule has 1 aromatic carbocycles. The first-order chi connectivity index (χ1) is 16.1. The van der Waals surface area contributed by atoms with Crippen molar-refractivity contribution in [3.05, 3.63) is 53.8 Å². The number of carbonyl (C=O) groups excluding carboxylic acids is 1. The van der Waals surface area contributed by atoms with Crippen molar-refractivity contribution in [1.29, 1.82) is 0 Å². The average Bonchev–Trinajstić information content (AvgIpc) is 3.19. The molecule has 1 saturated carbocycles. The average molecular weight is 476 g/mol. The Kier molecular flexibility index (Phi) is 5.06. The molecule has 2 aliphatic rings. The second kappa shape index (κ2) is 7.74. The molecule has 3 atom stereocenters. The lowest BCUT2D eigenvalue weighted by Gasteiger charge is -2.61. The van der Waals surface area contributed by atoms with Crippen LogP contribution in [0.4, 0.5) is 28.0 Å². The molecule has 0 spiro atoms. The van der Waals surface area contributed by atoms with E-state index in [1.54, 1.807) is 11.8 Å². The van der Waals surface area contributed by atoms with Crippen LogP contribution < -0.4 is 5.32 Å². The molecule has 2 bridgehead atoms. The highest BCUT2D eigenvalue weighted by Gasteiger charge is 2.62. The third kappa shape index (κ3) is 3.66. The second-order valence-corrected chi connectivity index (χ2v) is 8.84. The van der Waals surface area contributed by atoms with Crippen LogP contribution in [0, 0.1) is 18.7 Å². The number of nitrogens with one attached hydrogen (secondary N) is 1. The van der Waals surface area contributed by atoms with Crippen molar-refractivity contribution < 1.29 is 26.8 Å². The molecule has 178 valence electrons. The largest absolute Gasteiger partial charge is 0.423 e. The minimum atomic E-state index is -4.69. The predicted molar refractivity (Wildman–Crippen MR) is 111 cm³/mol. The van der Waals surface area contributed by atoms with Crippen LogP contribution in [0.5, 0.6) is 0 Å². The first-order valence-electron chi connectivity index (χ1n) is 10.7. The van der Waals surface area contributed by atoms with Gasteiger partial charge in [-0.3, -0.25) is 0 Å². The molecule has 1 aliphatic heterocycles. The summed E-state index contributed by atoms with van der Waals surface area (Å²) >= 11 is 0. The highest BCUT2D eigenvalue weighted by molar-refractivity contribution is 5.92. The third-order valence-electron chi connectivity index (χ3n) is 6.34. The van der Waals surface area contributed by atoms with E-state index in [2.05, 4.69) is 32.4 Å². The molecular weight excluding hydrogens is 456 g/mol. The zero-order valence-electron chi connectivity index (χ0n) is 18.2. The summed E-state index contributed by atoms with van der Waals surface area (Å²) in [4.78, 5) is 22.3. The van der Waals surface area contributed by atoms with Crippen molar-refractivity contribution in [2.24, 2.45) is 5.92 Å². The van der Waals surface area contributed by atoms with Gasteiger partial charge < -0.3 is 14.6 Å². The van der Waals surface area contributed by atoms with Gasteiger partial charge in [-0.1, -0.05) is 6.92 Å². The van der Waals surface area contributed by atoms with Crippen LogP contribution in [0.25, 0.3) is 11.4 Å². The quantitative estimate of drug-likeness (QED) is 0.539. The van der Waals surface area contributed by atoms with Crippen LogP contribution in [0.15, 0.2) is 35.0 Å². The Labute approximate surface area is 191 Å².